The summed E-state index contributed by atoms with van der Waals surface area (Å²) >= 11 is 0. The summed E-state index contributed by atoms with van der Waals surface area (Å²) in [6.07, 6.45) is 16.0. The molecular formula is C18H35NaO5S. The molecule has 0 aliphatic heterocycles. The molecule has 25 heavy (non-hydrogen) atoms. The van der Waals surface area contributed by atoms with Gasteiger partial charge in [0.25, 0.3) is 0 Å². The van der Waals surface area contributed by atoms with Crippen molar-refractivity contribution in [3.63, 3.8) is 0 Å². The van der Waals surface area contributed by atoms with E-state index in [1.807, 2.05) is 0 Å². The minimum absolute atomic E-state index is 0. The first-order chi connectivity index (χ1) is 11.4. The molecule has 7 heteroatoms. The van der Waals surface area contributed by atoms with E-state index in [-0.39, 0.29) is 36.0 Å². The van der Waals surface area contributed by atoms with Crippen molar-refractivity contribution in [2.24, 2.45) is 0 Å². The molecule has 0 heterocycles. The van der Waals surface area contributed by atoms with E-state index in [0.717, 1.165) is 19.8 Å². The van der Waals surface area contributed by atoms with Gasteiger partial charge < -0.3 is 9.29 Å². The van der Waals surface area contributed by atoms with Crippen LogP contribution in [-0.4, -0.2) is 24.4 Å². The number of esters is 1. The Morgan fingerprint density at radius 1 is 0.840 bits per heavy atom. The third kappa shape index (κ3) is 19.0. The van der Waals surface area contributed by atoms with E-state index in [0.29, 0.717) is 6.42 Å². The summed E-state index contributed by atoms with van der Waals surface area (Å²) in [4.78, 5) is 11.4. The number of rotatable bonds is 16. The number of unbranched alkanes of at least 4 members (excludes halogenated alkanes) is 12. The van der Waals surface area contributed by atoms with Crippen molar-refractivity contribution in [3.05, 3.63) is 0 Å². The van der Waals surface area contributed by atoms with Crippen molar-refractivity contribution in [3.8, 4) is 0 Å². The Kier molecular flexibility index (Phi) is 19.6. The van der Waals surface area contributed by atoms with E-state index in [1.165, 1.54) is 64.2 Å². The number of carbonyl (C=O) groups is 1. The molecule has 0 amide bonds. The number of carbonyl (C=O) groups excluding carboxylic acids is 1. The van der Waals surface area contributed by atoms with Gasteiger partial charge in [-0.3, -0.25) is 4.79 Å². The van der Waals surface area contributed by atoms with E-state index < -0.39 is 21.5 Å². The van der Waals surface area contributed by atoms with Crippen molar-refractivity contribution < 1.29 is 52.1 Å². The maximum atomic E-state index is 11.4. The van der Waals surface area contributed by atoms with Crippen LogP contribution in [0.5, 0.6) is 0 Å². The van der Waals surface area contributed by atoms with Crippen LogP contribution in [-0.2, 0) is 19.6 Å². The first kappa shape index (κ1) is 27.6. The van der Waals surface area contributed by atoms with Crippen LogP contribution in [0.15, 0.2) is 0 Å². The molecule has 0 saturated heterocycles. The molecule has 0 rings (SSSR count). The molecule has 5 nitrogen and oxygen atoms in total. The second-order valence-electron chi connectivity index (χ2n) is 6.54. The maximum absolute atomic E-state index is 11.4. The average molecular weight is 387 g/mol. The fourth-order valence-electron chi connectivity index (χ4n) is 2.59. The molecule has 0 aromatic heterocycles. The van der Waals surface area contributed by atoms with Crippen LogP contribution >= 0.6 is 0 Å². The molecule has 0 spiro atoms. The average Bonchev–Trinajstić information content (AvgIpc) is 2.51. The Morgan fingerprint density at radius 2 is 1.20 bits per heavy atom. The summed E-state index contributed by atoms with van der Waals surface area (Å²) in [6, 6.07) is 0. The number of hydrogen-bond acceptors (Lipinski definition) is 5. The standard InChI is InChI=1S/C18H36O5S.Na/c1-3-4-5-6-7-8-9-10-11-12-13-14-15-16-18(19)23-17(2)24(20,21)22;/h17H,3-16H2,1-2H3,(H,20,21,22);/q;+1/p-1. The van der Waals surface area contributed by atoms with Gasteiger partial charge in [-0.05, 0) is 13.3 Å². The zero-order valence-corrected chi connectivity index (χ0v) is 19.2. The molecule has 1 atom stereocenters. The van der Waals surface area contributed by atoms with Crippen LogP contribution in [0.2, 0.25) is 0 Å². The molecule has 0 radical (unpaired) electrons. The van der Waals surface area contributed by atoms with Gasteiger partial charge in [-0.25, -0.2) is 8.42 Å². The van der Waals surface area contributed by atoms with E-state index in [1.54, 1.807) is 0 Å². The fraction of sp³-hybridized carbons (Fsp3) is 0.944. The Labute approximate surface area is 176 Å². The molecule has 0 N–H and O–H groups in total. The van der Waals surface area contributed by atoms with Crippen molar-refractivity contribution in [1.82, 2.24) is 0 Å². The quantitative estimate of drug-likeness (QED) is 0.175. The SMILES string of the molecule is CCCCCCCCCCCCCCCC(=O)OC(C)S(=O)(=O)[O-].[Na+]. The monoisotopic (exact) mass is 386 g/mol. The third-order valence-electron chi connectivity index (χ3n) is 4.19. The van der Waals surface area contributed by atoms with E-state index in [2.05, 4.69) is 11.7 Å². The van der Waals surface area contributed by atoms with Crippen LogP contribution in [0.3, 0.4) is 0 Å². The van der Waals surface area contributed by atoms with Gasteiger partial charge in [0.1, 0.15) is 10.1 Å². The van der Waals surface area contributed by atoms with Crippen LogP contribution in [0.1, 0.15) is 104 Å². The summed E-state index contributed by atoms with van der Waals surface area (Å²) < 4.78 is 36.5. The summed E-state index contributed by atoms with van der Waals surface area (Å²) in [5, 5.41) is 0. The first-order valence-corrected chi connectivity index (χ1v) is 11.0. The van der Waals surface area contributed by atoms with Crippen molar-refractivity contribution >= 4 is 16.1 Å². The van der Waals surface area contributed by atoms with Gasteiger partial charge in [-0.2, -0.15) is 0 Å². The maximum Gasteiger partial charge on any atom is 1.00 e. The van der Waals surface area contributed by atoms with Gasteiger partial charge in [0, 0.05) is 6.42 Å². The molecule has 0 saturated carbocycles. The smallest absolute Gasteiger partial charge is 0.745 e. The topological polar surface area (TPSA) is 83.5 Å². The summed E-state index contributed by atoms with van der Waals surface area (Å²) in [5.74, 6) is -0.606. The molecule has 0 aliphatic carbocycles. The van der Waals surface area contributed by atoms with E-state index >= 15 is 0 Å². The first-order valence-electron chi connectivity index (χ1n) is 9.52. The molecule has 144 valence electrons. The van der Waals surface area contributed by atoms with Crippen LogP contribution < -0.4 is 29.6 Å². The zero-order valence-electron chi connectivity index (χ0n) is 16.4. The Bertz CT molecular complexity index is 412. The van der Waals surface area contributed by atoms with E-state index in [4.69, 9.17) is 0 Å². The van der Waals surface area contributed by atoms with Gasteiger partial charge in [0.2, 0.25) is 0 Å². The Hall–Kier alpha value is 0.380. The van der Waals surface area contributed by atoms with Gasteiger partial charge in [-0.1, -0.05) is 84.0 Å². The van der Waals surface area contributed by atoms with Crippen LogP contribution in [0.25, 0.3) is 0 Å². The predicted octanol–water partition coefficient (Wildman–Crippen LogP) is 1.91. The largest absolute Gasteiger partial charge is 1.00 e. The second kappa shape index (κ2) is 17.8. The summed E-state index contributed by atoms with van der Waals surface area (Å²) in [6.45, 7) is 3.32. The fourth-order valence-corrected chi connectivity index (χ4v) is 2.82. The summed E-state index contributed by atoms with van der Waals surface area (Å²) in [7, 11) is -4.55. The number of hydrogen-bond donors (Lipinski definition) is 0. The predicted molar refractivity (Wildman–Crippen MR) is 95.6 cm³/mol. The Morgan fingerprint density at radius 3 is 1.56 bits per heavy atom. The molecule has 1 unspecified atom stereocenters. The number of ether oxygens (including phenoxy) is 1. The summed E-state index contributed by atoms with van der Waals surface area (Å²) in [5.41, 5.74) is -1.59. The molecule has 0 fully saturated rings. The molecule has 0 aromatic carbocycles. The van der Waals surface area contributed by atoms with Gasteiger partial charge in [0.05, 0.1) is 0 Å². The molecule has 0 aromatic rings. The van der Waals surface area contributed by atoms with Crippen LogP contribution in [0, 0.1) is 0 Å². The third-order valence-corrected chi connectivity index (χ3v) is 5.10. The van der Waals surface area contributed by atoms with Gasteiger partial charge >= 0.3 is 35.5 Å². The van der Waals surface area contributed by atoms with E-state index in [9.17, 15) is 17.8 Å². The van der Waals surface area contributed by atoms with Gasteiger partial charge in [0.15, 0.2) is 5.44 Å². The van der Waals surface area contributed by atoms with Crippen molar-refractivity contribution in [2.75, 3.05) is 0 Å². The minimum atomic E-state index is -4.55. The van der Waals surface area contributed by atoms with Crippen LogP contribution in [0.4, 0.5) is 0 Å². The van der Waals surface area contributed by atoms with Crippen molar-refractivity contribution in [2.45, 2.75) is 109 Å². The van der Waals surface area contributed by atoms with Crippen molar-refractivity contribution in [1.29, 1.82) is 0 Å². The Balaban J connectivity index is 0. The minimum Gasteiger partial charge on any atom is -0.745 e. The normalized spacial score (nSPS) is 12.4. The second-order valence-corrected chi connectivity index (χ2v) is 8.19. The van der Waals surface area contributed by atoms with Gasteiger partial charge in [-0.15, -0.1) is 0 Å². The molecular weight excluding hydrogens is 351 g/mol. The molecule has 0 bridgehead atoms. The molecule has 0 aliphatic rings. The zero-order chi connectivity index (χ0) is 18.3.